The van der Waals surface area contributed by atoms with Crippen molar-refractivity contribution in [3.8, 4) is 0 Å². The predicted molar refractivity (Wildman–Crippen MR) is 87.4 cm³/mol. The zero-order chi connectivity index (χ0) is 14.4. The number of hydrogen-bond donors (Lipinski definition) is 2. The van der Waals surface area contributed by atoms with Crippen molar-refractivity contribution in [3.05, 3.63) is 11.4 Å². The summed E-state index contributed by atoms with van der Waals surface area (Å²) in [7, 11) is 2.14. The Bertz CT molecular complexity index is 655. The number of nitrogen functional groups attached to an aromatic ring is 1. The Labute approximate surface area is 128 Å². The average molecular weight is 303 g/mol. The van der Waals surface area contributed by atoms with Crippen molar-refractivity contribution in [2.75, 3.05) is 23.9 Å². The van der Waals surface area contributed by atoms with Gasteiger partial charge in [0.25, 0.3) is 0 Å². The normalized spacial score (nSPS) is 27.4. The number of rotatable bonds is 4. The van der Waals surface area contributed by atoms with Gasteiger partial charge in [-0.25, -0.2) is 10.8 Å². The van der Waals surface area contributed by atoms with Gasteiger partial charge in [0.1, 0.15) is 10.6 Å². The van der Waals surface area contributed by atoms with Gasteiger partial charge >= 0.3 is 0 Å². The first-order valence-electron chi connectivity index (χ1n) is 7.67. The molecule has 0 saturated heterocycles. The van der Waals surface area contributed by atoms with E-state index >= 15 is 0 Å². The maximum absolute atomic E-state index is 5.50. The van der Waals surface area contributed by atoms with E-state index in [0.717, 1.165) is 40.3 Å². The Morgan fingerprint density at radius 1 is 1.38 bits per heavy atom. The Morgan fingerprint density at radius 2 is 2.29 bits per heavy atom. The molecule has 2 fully saturated rings. The molecule has 0 aromatic carbocycles. The monoisotopic (exact) mass is 303 g/mol. The highest BCUT2D eigenvalue weighted by Crippen LogP contribution is 2.48. The third-order valence-electron chi connectivity index (χ3n) is 5.19. The Hall–Kier alpha value is -1.40. The summed E-state index contributed by atoms with van der Waals surface area (Å²) in [6, 6.07) is 2.10. The lowest BCUT2D eigenvalue weighted by Crippen LogP contribution is -2.29. The molecule has 6 heteroatoms. The second-order valence-electron chi connectivity index (χ2n) is 6.47. The van der Waals surface area contributed by atoms with Gasteiger partial charge in [0.2, 0.25) is 5.95 Å². The van der Waals surface area contributed by atoms with Crippen LogP contribution in [0.1, 0.15) is 25.7 Å². The topological polar surface area (TPSA) is 67.1 Å². The lowest BCUT2D eigenvalue weighted by Gasteiger charge is -2.28. The first kappa shape index (κ1) is 13.3. The van der Waals surface area contributed by atoms with Gasteiger partial charge in [-0.3, -0.25) is 5.43 Å². The van der Waals surface area contributed by atoms with Crippen LogP contribution in [-0.4, -0.2) is 23.6 Å². The number of nitrogens with one attached hydrogen (secondary N) is 1. The molecule has 2 bridgehead atoms. The predicted octanol–water partition coefficient (Wildman–Crippen LogP) is 2.85. The molecule has 2 aliphatic carbocycles. The van der Waals surface area contributed by atoms with Crippen LogP contribution < -0.4 is 16.2 Å². The maximum atomic E-state index is 5.50. The molecule has 0 radical (unpaired) electrons. The summed E-state index contributed by atoms with van der Waals surface area (Å²) in [4.78, 5) is 12.3. The number of nitrogens with two attached hydrogens (primary N) is 1. The molecular formula is C15H21N5S. The third-order valence-corrected chi connectivity index (χ3v) is 6.00. The first-order valence-corrected chi connectivity index (χ1v) is 8.55. The van der Waals surface area contributed by atoms with Crippen molar-refractivity contribution in [1.82, 2.24) is 9.97 Å². The van der Waals surface area contributed by atoms with Crippen LogP contribution in [0.5, 0.6) is 0 Å². The van der Waals surface area contributed by atoms with E-state index in [-0.39, 0.29) is 0 Å². The standard InChI is InChI=1S/C15H21N5S/c1-20(8-11-7-9-2-3-10(11)6-9)13-12-4-5-21-14(12)18-15(17-13)19-16/h4-5,9-11H,2-3,6-8,16H2,1H3,(H,17,18,19). The maximum Gasteiger partial charge on any atom is 0.240 e. The van der Waals surface area contributed by atoms with Crippen LogP contribution in [0.25, 0.3) is 10.2 Å². The summed E-state index contributed by atoms with van der Waals surface area (Å²) >= 11 is 1.63. The molecule has 0 amide bonds. The van der Waals surface area contributed by atoms with Crippen LogP contribution in [0.4, 0.5) is 11.8 Å². The van der Waals surface area contributed by atoms with Crippen molar-refractivity contribution < 1.29 is 0 Å². The molecular weight excluding hydrogens is 282 g/mol. The number of anilines is 2. The highest BCUT2D eigenvalue weighted by Gasteiger charge is 2.39. The molecule has 3 atom stereocenters. The van der Waals surface area contributed by atoms with Crippen LogP contribution in [0, 0.1) is 17.8 Å². The van der Waals surface area contributed by atoms with Crippen molar-refractivity contribution in [1.29, 1.82) is 0 Å². The lowest BCUT2D eigenvalue weighted by atomic mass is 9.88. The van der Waals surface area contributed by atoms with Crippen LogP contribution in [-0.2, 0) is 0 Å². The molecule has 2 aromatic heterocycles. The Kier molecular flexibility index (Phi) is 3.23. The summed E-state index contributed by atoms with van der Waals surface area (Å²) in [5, 5.41) is 3.19. The fourth-order valence-corrected chi connectivity index (χ4v) is 4.99. The third kappa shape index (κ3) is 2.26. The van der Waals surface area contributed by atoms with E-state index in [2.05, 4.69) is 38.8 Å². The quantitative estimate of drug-likeness (QED) is 0.671. The summed E-state index contributed by atoms with van der Waals surface area (Å²) in [6.45, 7) is 1.09. The fraction of sp³-hybridized carbons (Fsp3) is 0.600. The summed E-state index contributed by atoms with van der Waals surface area (Å²) in [5.41, 5.74) is 2.58. The molecule has 4 rings (SSSR count). The fourth-order valence-electron chi connectivity index (χ4n) is 4.23. The minimum Gasteiger partial charge on any atom is -0.359 e. The van der Waals surface area contributed by atoms with Crippen LogP contribution in [0.15, 0.2) is 11.4 Å². The van der Waals surface area contributed by atoms with Crippen LogP contribution in [0.3, 0.4) is 0 Å². The molecule has 0 spiro atoms. The molecule has 2 aliphatic rings. The SMILES string of the molecule is CN(CC1CC2CCC1C2)c1nc(NN)nc2sccc12. The van der Waals surface area contributed by atoms with Gasteiger partial charge in [0.05, 0.1) is 5.39 Å². The van der Waals surface area contributed by atoms with Crippen molar-refractivity contribution in [2.24, 2.45) is 23.6 Å². The molecule has 2 heterocycles. The average Bonchev–Trinajstić information content (AvgIpc) is 3.21. The van der Waals surface area contributed by atoms with Gasteiger partial charge in [-0.15, -0.1) is 11.3 Å². The molecule has 2 saturated carbocycles. The summed E-state index contributed by atoms with van der Waals surface area (Å²) < 4.78 is 0. The molecule has 0 aliphatic heterocycles. The molecule has 3 N–H and O–H groups in total. The number of hydrogen-bond acceptors (Lipinski definition) is 6. The van der Waals surface area contributed by atoms with Crippen molar-refractivity contribution in [3.63, 3.8) is 0 Å². The van der Waals surface area contributed by atoms with Gasteiger partial charge in [-0.2, -0.15) is 4.98 Å². The zero-order valence-corrected chi connectivity index (χ0v) is 13.1. The van der Waals surface area contributed by atoms with Crippen LogP contribution in [0.2, 0.25) is 0 Å². The van der Waals surface area contributed by atoms with Crippen molar-refractivity contribution in [2.45, 2.75) is 25.7 Å². The minimum atomic E-state index is 0.500. The van der Waals surface area contributed by atoms with E-state index in [1.165, 1.54) is 25.7 Å². The van der Waals surface area contributed by atoms with Gasteiger partial charge in [0.15, 0.2) is 0 Å². The number of aromatic nitrogens is 2. The van der Waals surface area contributed by atoms with E-state index in [9.17, 15) is 0 Å². The first-order chi connectivity index (χ1) is 10.2. The van der Waals surface area contributed by atoms with Gasteiger partial charge in [0, 0.05) is 13.6 Å². The highest BCUT2D eigenvalue weighted by molar-refractivity contribution is 7.16. The van der Waals surface area contributed by atoms with E-state index in [1.54, 1.807) is 11.3 Å². The Balaban J connectivity index is 1.61. The van der Waals surface area contributed by atoms with E-state index in [0.29, 0.717) is 5.95 Å². The van der Waals surface area contributed by atoms with Gasteiger partial charge in [-0.1, -0.05) is 6.42 Å². The number of nitrogens with zero attached hydrogens (tertiary/aromatic N) is 3. The van der Waals surface area contributed by atoms with E-state index in [1.807, 2.05) is 0 Å². The molecule has 2 aromatic rings. The highest BCUT2D eigenvalue weighted by atomic mass is 32.1. The minimum absolute atomic E-state index is 0.500. The van der Waals surface area contributed by atoms with Crippen LogP contribution >= 0.6 is 11.3 Å². The molecule has 21 heavy (non-hydrogen) atoms. The second-order valence-corrected chi connectivity index (χ2v) is 7.36. The Morgan fingerprint density at radius 3 is 3.00 bits per heavy atom. The number of thiophene rings is 1. The number of hydrazine groups is 1. The molecule has 5 nitrogen and oxygen atoms in total. The second kappa shape index (κ2) is 5.10. The van der Waals surface area contributed by atoms with Gasteiger partial charge < -0.3 is 4.90 Å². The number of fused-ring (bicyclic) bond motifs is 3. The summed E-state index contributed by atoms with van der Waals surface area (Å²) in [6.07, 6.45) is 5.73. The zero-order valence-electron chi connectivity index (χ0n) is 12.2. The molecule has 3 unspecified atom stereocenters. The van der Waals surface area contributed by atoms with Gasteiger partial charge in [-0.05, 0) is 48.5 Å². The smallest absolute Gasteiger partial charge is 0.240 e. The van der Waals surface area contributed by atoms with E-state index < -0.39 is 0 Å². The largest absolute Gasteiger partial charge is 0.359 e. The van der Waals surface area contributed by atoms with E-state index in [4.69, 9.17) is 5.84 Å². The van der Waals surface area contributed by atoms with Crippen molar-refractivity contribution >= 4 is 33.3 Å². The summed E-state index contributed by atoms with van der Waals surface area (Å²) in [5.74, 6) is 9.75. The lowest BCUT2D eigenvalue weighted by molar-refractivity contribution is 0.337. The molecule has 112 valence electrons.